The molecule has 0 aromatic carbocycles. The predicted molar refractivity (Wildman–Crippen MR) is 87.9 cm³/mol. The topological polar surface area (TPSA) is 33.5 Å². The zero-order valence-electron chi connectivity index (χ0n) is 14.1. The third-order valence-corrected chi connectivity index (χ3v) is 5.12. The van der Waals surface area contributed by atoms with Crippen molar-refractivity contribution >= 4 is 0 Å². The van der Waals surface area contributed by atoms with Crippen LogP contribution in [-0.2, 0) is 18.3 Å². The van der Waals surface area contributed by atoms with Gasteiger partial charge in [0.1, 0.15) is 0 Å². The standard InChI is InChI=1S/C17H30N4O/c1-15-16(13-19(2)18-15)14-21-7-4-3-5-17(21)6-8-20-9-11-22-12-10-20/h13,17H,3-12,14H2,1-2H3. The molecular weight excluding hydrogens is 276 g/mol. The molecule has 1 aromatic rings. The van der Waals surface area contributed by atoms with Gasteiger partial charge in [-0.2, -0.15) is 5.10 Å². The molecule has 2 fully saturated rings. The summed E-state index contributed by atoms with van der Waals surface area (Å²) < 4.78 is 7.39. The van der Waals surface area contributed by atoms with Crippen molar-refractivity contribution in [1.29, 1.82) is 0 Å². The van der Waals surface area contributed by atoms with E-state index in [0.717, 1.165) is 38.9 Å². The van der Waals surface area contributed by atoms with Gasteiger partial charge in [-0.25, -0.2) is 0 Å². The highest BCUT2D eigenvalue weighted by atomic mass is 16.5. The summed E-state index contributed by atoms with van der Waals surface area (Å²) in [5.41, 5.74) is 2.57. The number of piperidine rings is 1. The molecule has 0 aliphatic carbocycles. The summed E-state index contributed by atoms with van der Waals surface area (Å²) in [6, 6.07) is 0.733. The van der Waals surface area contributed by atoms with Gasteiger partial charge in [-0.1, -0.05) is 6.42 Å². The van der Waals surface area contributed by atoms with Gasteiger partial charge in [-0.05, 0) is 39.3 Å². The van der Waals surface area contributed by atoms with Gasteiger partial charge in [-0.15, -0.1) is 0 Å². The van der Waals surface area contributed by atoms with Gasteiger partial charge in [0, 0.05) is 44.5 Å². The zero-order chi connectivity index (χ0) is 15.4. The first-order chi connectivity index (χ1) is 10.7. The molecule has 5 heteroatoms. The van der Waals surface area contributed by atoms with Crippen LogP contribution in [0.1, 0.15) is 36.9 Å². The fourth-order valence-corrected chi connectivity index (χ4v) is 3.77. The monoisotopic (exact) mass is 306 g/mol. The second-order valence-corrected chi connectivity index (χ2v) is 6.78. The van der Waals surface area contributed by atoms with E-state index in [9.17, 15) is 0 Å². The number of hydrogen-bond donors (Lipinski definition) is 0. The van der Waals surface area contributed by atoms with E-state index in [4.69, 9.17) is 4.74 Å². The van der Waals surface area contributed by atoms with Gasteiger partial charge < -0.3 is 4.74 Å². The summed E-state index contributed by atoms with van der Waals surface area (Å²) in [5, 5.41) is 4.49. The zero-order valence-corrected chi connectivity index (χ0v) is 14.1. The number of nitrogens with zero attached hydrogens (tertiary/aromatic N) is 4. The molecule has 0 spiro atoms. The minimum atomic E-state index is 0.733. The molecule has 0 amide bonds. The van der Waals surface area contributed by atoms with Crippen molar-refractivity contribution < 1.29 is 4.74 Å². The summed E-state index contributed by atoms with van der Waals surface area (Å²) >= 11 is 0. The highest BCUT2D eigenvalue weighted by Crippen LogP contribution is 2.23. The average Bonchev–Trinajstić information content (AvgIpc) is 2.85. The van der Waals surface area contributed by atoms with Crippen LogP contribution in [0.5, 0.6) is 0 Å². The van der Waals surface area contributed by atoms with Crippen molar-refractivity contribution in [2.45, 2.75) is 45.2 Å². The van der Waals surface area contributed by atoms with Crippen LogP contribution in [0.25, 0.3) is 0 Å². The number of likely N-dealkylation sites (tertiary alicyclic amines) is 1. The first-order valence-corrected chi connectivity index (χ1v) is 8.75. The van der Waals surface area contributed by atoms with Gasteiger partial charge in [-0.3, -0.25) is 14.5 Å². The van der Waals surface area contributed by atoms with E-state index in [0.29, 0.717) is 0 Å². The molecule has 0 bridgehead atoms. The fraction of sp³-hybridized carbons (Fsp3) is 0.824. The summed E-state index contributed by atoms with van der Waals surface area (Å²) in [4.78, 5) is 5.25. The molecule has 1 aromatic heterocycles. The van der Waals surface area contributed by atoms with Crippen LogP contribution < -0.4 is 0 Å². The molecule has 3 rings (SSSR count). The second kappa shape index (κ2) is 7.57. The molecule has 2 aliphatic heterocycles. The lowest BCUT2D eigenvalue weighted by Gasteiger charge is -2.37. The molecule has 1 atom stereocenters. The molecule has 0 saturated carbocycles. The second-order valence-electron chi connectivity index (χ2n) is 6.78. The number of hydrogen-bond acceptors (Lipinski definition) is 4. The van der Waals surface area contributed by atoms with Gasteiger partial charge in [0.25, 0.3) is 0 Å². The first kappa shape index (κ1) is 16.0. The Morgan fingerprint density at radius 2 is 2.05 bits per heavy atom. The van der Waals surface area contributed by atoms with E-state index in [1.807, 2.05) is 11.7 Å². The molecule has 22 heavy (non-hydrogen) atoms. The van der Waals surface area contributed by atoms with Gasteiger partial charge in [0.05, 0.1) is 18.9 Å². The number of aromatic nitrogens is 2. The Balaban J connectivity index is 1.55. The van der Waals surface area contributed by atoms with Crippen LogP contribution in [0, 0.1) is 6.92 Å². The van der Waals surface area contributed by atoms with Crippen LogP contribution in [0.15, 0.2) is 6.20 Å². The quantitative estimate of drug-likeness (QED) is 0.831. The van der Waals surface area contributed by atoms with Crippen molar-refractivity contribution in [2.24, 2.45) is 7.05 Å². The predicted octanol–water partition coefficient (Wildman–Crippen LogP) is 1.81. The number of rotatable bonds is 5. The van der Waals surface area contributed by atoms with Gasteiger partial charge in [0.2, 0.25) is 0 Å². The maximum atomic E-state index is 5.45. The molecule has 0 N–H and O–H groups in total. The lowest BCUT2D eigenvalue weighted by Crippen LogP contribution is -2.43. The number of morpholine rings is 1. The van der Waals surface area contributed by atoms with E-state index in [1.165, 1.54) is 50.0 Å². The minimum Gasteiger partial charge on any atom is -0.379 e. The molecule has 2 saturated heterocycles. The van der Waals surface area contributed by atoms with Crippen LogP contribution in [0.2, 0.25) is 0 Å². The third kappa shape index (κ3) is 4.09. The molecular formula is C17H30N4O. The normalized spacial score (nSPS) is 24.7. The van der Waals surface area contributed by atoms with E-state index in [-0.39, 0.29) is 0 Å². The Bertz CT molecular complexity index is 467. The van der Waals surface area contributed by atoms with Crippen molar-refractivity contribution in [3.8, 4) is 0 Å². The van der Waals surface area contributed by atoms with Crippen LogP contribution in [-0.4, -0.2) is 65.0 Å². The molecule has 5 nitrogen and oxygen atoms in total. The van der Waals surface area contributed by atoms with E-state index in [1.54, 1.807) is 0 Å². The first-order valence-electron chi connectivity index (χ1n) is 8.75. The number of ether oxygens (including phenoxy) is 1. The third-order valence-electron chi connectivity index (χ3n) is 5.12. The van der Waals surface area contributed by atoms with Gasteiger partial charge >= 0.3 is 0 Å². The van der Waals surface area contributed by atoms with Crippen molar-refractivity contribution in [1.82, 2.24) is 19.6 Å². The Labute approximate surface area is 134 Å². The summed E-state index contributed by atoms with van der Waals surface area (Å²) in [6.45, 7) is 9.67. The largest absolute Gasteiger partial charge is 0.379 e. The van der Waals surface area contributed by atoms with Crippen LogP contribution in [0.4, 0.5) is 0 Å². The average molecular weight is 306 g/mol. The Morgan fingerprint density at radius 3 is 2.77 bits per heavy atom. The van der Waals surface area contributed by atoms with E-state index < -0.39 is 0 Å². The van der Waals surface area contributed by atoms with Crippen molar-refractivity contribution in [3.63, 3.8) is 0 Å². The summed E-state index contributed by atoms with van der Waals surface area (Å²) in [6.07, 6.45) is 7.55. The van der Waals surface area contributed by atoms with E-state index >= 15 is 0 Å². The summed E-state index contributed by atoms with van der Waals surface area (Å²) in [5.74, 6) is 0. The Kier molecular flexibility index (Phi) is 5.50. The minimum absolute atomic E-state index is 0.733. The fourth-order valence-electron chi connectivity index (χ4n) is 3.77. The molecule has 124 valence electrons. The van der Waals surface area contributed by atoms with E-state index in [2.05, 4.69) is 28.0 Å². The lowest BCUT2D eigenvalue weighted by atomic mass is 9.98. The summed E-state index contributed by atoms with van der Waals surface area (Å²) in [7, 11) is 2.02. The van der Waals surface area contributed by atoms with Crippen LogP contribution >= 0.6 is 0 Å². The SMILES string of the molecule is Cc1nn(C)cc1CN1CCCCC1CCN1CCOCC1. The Hall–Kier alpha value is -0.910. The Morgan fingerprint density at radius 1 is 1.23 bits per heavy atom. The molecule has 1 unspecified atom stereocenters. The smallest absolute Gasteiger partial charge is 0.0638 e. The molecule has 2 aliphatic rings. The maximum Gasteiger partial charge on any atom is 0.0638 e. The highest BCUT2D eigenvalue weighted by Gasteiger charge is 2.24. The van der Waals surface area contributed by atoms with Crippen molar-refractivity contribution in [2.75, 3.05) is 39.4 Å². The molecule has 0 radical (unpaired) electrons. The maximum absolute atomic E-state index is 5.45. The number of aryl methyl sites for hydroxylation is 2. The lowest BCUT2D eigenvalue weighted by molar-refractivity contribution is 0.0302. The molecule has 3 heterocycles. The highest BCUT2D eigenvalue weighted by molar-refractivity contribution is 5.15. The van der Waals surface area contributed by atoms with Crippen LogP contribution in [0.3, 0.4) is 0 Å². The van der Waals surface area contributed by atoms with Gasteiger partial charge in [0.15, 0.2) is 0 Å². The van der Waals surface area contributed by atoms with Crippen molar-refractivity contribution in [3.05, 3.63) is 17.5 Å².